The van der Waals surface area contributed by atoms with Gasteiger partial charge in [0, 0.05) is 24.6 Å². The lowest BCUT2D eigenvalue weighted by molar-refractivity contribution is -0.133. The van der Waals surface area contributed by atoms with Gasteiger partial charge in [-0.3, -0.25) is 9.59 Å². The fourth-order valence-corrected chi connectivity index (χ4v) is 4.55. The molecule has 3 aromatic rings. The molecular weight excluding hydrogens is 438 g/mol. The number of benzene rings is 2. The van der Waals surface area contributed by atoms with Crippen molar-refractivity contribution in [2.45, 2.75) is 12.5 Å². The number of carbonyl (C=O) groups is 2. The Morgan fingerprint density at radius 2 is 1.91 bits per heavy atom. The summed E-state index contributed by atoms with van der Waals surface area (Å²) in [5.74, 6) is 0.945. The Labute approximate surface area is 196 Å². The van der Waals surface area contributed by atoms with Crippen LogP contribution in [0, 0.1) is 0 Å². The molecular formula is C25H25N3O4S. The van der Waals surface area contributed by atoms with Gasteiger partial charge in [0.1, 0.15) is 18.0 Å². The Morgan fingerprint density at radius 3 is 2.64 bits per heavy atom. The van der Waals surface area contributed by atoms with Gasteiger partial charge in [0.25, 0.3) is 11.8 Å². The summed E-state index contributed by atoms with van der Waals surface area (Å²) in [6, 6.07) is 18.4. The zero-order valence-corrected chi connectivity index (χ0v) is 19.5. The van der Waals surface area contributed by atoms with Crippen molar-refractivity contribution in [3.8, 4) is 11.5 Å². The highest BCUT2D eigenvalue weighted by Crippen LogP contribution is 2.37. The van der Waals surface area contributed by atoms with Gasteiger partial charge in [0.2, 0.25) is 0 Å². The number of hydrogen-bond acceptors (Lipinski definition) is 6. The average molecular weight is 464 g/mol. The average Bonchev–Trinajstić information content (AvgIpc) is 3.54. The second kappa shape index (κ2) is 9.87. The highest BCUT2D eigenvalue weighted by atomic mass is 32.1. The maximum absolute atomic E-state index is 13.4. The van der Waals surface area contributed by atoms with Crippen molar-refractivity contribution < 1.29 is 19.1 Å². The monoisotopic (exact) mass is 463 g/mol. The van der Waals surface area contributed by atoms with Crippen LogP contribution >= 0.6 is 11.3 Å². The van der Waals surface area contributed by atoms with E-state index in [0.29, 0.717) is 17.0 Å². The van der Waals surface area contributed by atoms with Crippen molar-refractivity contribution >= 4 is 28.9 Å². The van der Waals surface area contributed by atoms with Gasteiger partial charge in [-0.05, 0) is 29.6 Å². The summed E-state index contributed by atoms with van der Waals surface area (Å²) in [4.78, 5) is 28.1. The highest BCUT2D eigenvalue weighted by molar-refractivity contribution is 7.12. The van der Waals surface area contributed by atoms with E-state index in [1.165, 1.54) is 21.2 Å². The number of nitrogens with zero attached hydrogens (tertiary/aromatic N) is 3. The van der Waals surface area contributed by atoms with E-state index in [9.17, 15) is 9.59 Å². The summed E-state index contributed by atoms with van der Waals surface area (Å²) >= 11 is 1.35. The molecule has 1 aliphatic rings. The fourth-order valence-electron chi connectivity index (χ4n) is 3.84. The molecule has 8 heteroatoms. The van der Waals surface area contributed by atoms with E-state index in [4.69, 9.17) is 14.6 Å². The number of thiophene rings is 1. The quantitative estimate of drug-likeness (QED) is 0.526. The van der Waals surface area contributed by atoms with Crippen LogP contribution in [0.5, 0.6) is 11.5 Å². The lowest BCUT2D eigenvalue weighted by Crippen LogP contribution is -2.39. The molecule has 170 valence electrons. The SMILES string of the molecule is COc1cccc(C2=NN(C(=O)CN(C)C(=O)c3cccs3)C(c3ccccc3OC)C2)c1. The van der Waals surface area contributed by atoms with Gasteiger partial charge in [-0.25, -0.2) is 5.01 Å². The van der Waals surface area contributed by atoms with Crippen molar-refractivity contribution in [2.24, 2.45) is 5.10 Å². The molecule has 33 heavy (non-hydrogen) atoms. The molecule has 2 amide bonds. The van der Waals surface area contributed by atoms with Crippen LogP contribution in [0.4, 0.5) is 0 Å². The molecule has 7 nitrogen and oxygen atoms in total. The molecule has 0 N–H and O–H groups in total. The molecule has 0 bridgehead atoms. The molecule has 0 saturated carbocycles. The van der Waals surface area contributed by atoms with E-state index in [1.807, 2.05) is 60.0 Å². The Morgan fingerprint density at radius 1 is 1.09 bits per heavy atom. The second-order valence-corrected chi connectivity index (χ2v) is 8.57. The van der Waals surface area contributed by atoms with Gasteiger partial charge in [0.15, 0.2) is 0 Å². The van der Waals surface area contributed by atoms with Crippen molar-refractivity contribution in [3.05, 3.63) is 82.0 Å². The summed E-state index contributed by atoms with van der Waals surface area (Å²) in [5.41, 5.74) is 2.51. The van der Waals surface area contributed by atoms with E-state index in [-0.39, 0.29) is 24.4 Å². The summed E-state index contributed by atoms with van der Waals surface area (Å²) in [6.45, 7) is -0.0860. The van der Waals surface area contributed by atoms with Crippen LogP contribution in [-0.4, -0.2) is 55.2 Å². The topological polar surface area (TPSA) is 71.4 Å². The number of carbonyl (C=O) groups excluding carboxylic acids is 2. The Hall–Kier alpha value is -3.65. The number of amides is 2. The van der Waals surface area contributed by atoms with E-state index in [1.54, 1.807) is 27.3 Å². The first kappa shape index (κ1) is 22.5. The second-order valence-electron chi connectivity index (χ2n) is 7.62. The van der Waals surface area contributed by atoms with Gasteiger partial charge < -0.3 is 14.4 Å². The normalized spacial score (nSPS) is 15.2. The van der Waals surface area contributed by atoms with Gasteiger partial charge in [-0.2, -0.15) is 5.10 Å². The fraction of sp³-hybridized carbons (Fsp3) is 0.240. The maximum Gasteiger partial charge on any atom is 0.264 e. The molecule has 1 aliphatic heterocycles. The van der Waals surface area contributed by atoms with Crippen molar-refractivity contribution in [1.29, 1.82) is 0 Å². The molecule has 1 unspecified atom stereocenters. The standard InChI is InChI=1S/C25H25N3O4S/c1-27(25(30)23-12-7-13-33-23)16-24(29)28-21(19-10-4-5-11-22(19)32-3)15-20(26-28)17-8-6-9-18(14-17)31-2/h4-14,21H,15-16H2,1-3H3. The molecule has 0 spiro atoms. The molecule has 0 radical (unpaired) electrons. The number of ether oxygens (including phenoxy) is 2. The molecule has 0 saturated heterocycles. The number of likely N-dealkylation sites (N-methyl/N-ethyl adjacent to an activating group) is 1. The van der Waals surface area contributed by atoms with Gasteiger partial charge >= 0.3 is 0 Å². The number of hydrazone groups is 1. The molecule has 0 fully saturated rings. The minimum atomic E-state index is -0.347. The number of rotatable bonds is 7. The van der Waals surface area contributed by atoms with Crippen LogP contribution in [-0.2, 0) is 4.79 Å². The molecule has 0 aliphatic carbocycles. The molecule has 4 rings (SSSR count). The lowest BCUT2D eigenvalue weighted by Gasteiger charge is -2.25. The van der Waals surface area contributed by atoms with Crippen LogP contribution < -0.4 is 9.47 Å². The third kappa shape index (κ3) is 4.75. The van der Waals surface area contributed by atoms with Crippen molar-refractivity contribution in [1.82, 2.24) is 9.91 Å². The number of hydrogen-bond donors (Lipinski definition) is 0. The van der Waals surface area contributed by atoms with E-state index >= 15 is 0 Å². The number of methoxy groups -OCH3 is 2. The summed E-state index contributed by atoms with van der Waals surface area (Å²) in [7, 11) is 4.85. The summed E-state index contributed by atoms with van der Waals surface area (Å²) in [5, 5.41) is 8.01. The van der Waals surface area contributed by atoms with E-state index in [2.05, 4.69) is 0 Å². The van der Waals surface area contributed by atoms with Crippen LogP contribution in [0.3, 0.4) is 0 Å². The third-order valence-electron chi connectivity index (χ3n) is 5.52. The first-order valence-electron chi connectivity index (χ1n) is 10.5. The maximum atomic E-state index is 13.4. The van der Waals surface area contributed by atoms with Gasteiger partial charge in [-0.1, -0.05) is 36.4 Å². The Kier molecular flexibility index (Phi) is 6.74. The molecule has 2 aromatic carbocycles. The van der Waals surface area contributed by atoms with Crippen LogP contribution in [0.15, 0.2) is 71.1 Å². The van der Waals surface area contributed by atoms with Crippen molar-refractivity contribution in [3.63, 3.8) is 0 Å². The van der Waals surface area contributed by atoms with Crippen molar-refractivity contribution in [2.75, 3.05) is 27.8 Å². The smallest absolute Gasteiger partial charge is 0.264 e. The highest BCUT2D eigenvalue weighted by Gasteiger charge is 2.35. The van der Waals surface area contributed by atoms with Gasteiger partial charge in [-0.15, -0.1) is 11.3 Å². The van der Waals surface area contributed by atoms with Crippen LogP contribution in [0.1, 0.15) is 33.3 Å². The largest absolute Gasteiger partial charge is 0.497 e. The number of para-hydroxylation sites is 1. The molecule has 1 aromatic heterocycles. The first-order chi connectivity index (χ1) is 16.0. The Balaban J connectivity index is 1.64. The zero-order valence-electron chi connectivity index (χ0n) is 18.7. The minimum Gasteiger partial charge on any atom is -0.497 e. The molecule has 2 heterocycles. The van der Waals surface area contributed by atoms with Crippen LogP contribution in [0.2, 0.25) is 0 Å². The van der Waals surface area contributed by atoms with Gasteiger partial charge in [0.05, 0.1) is 30.9 Å². The summed E-state index contributed by atoms with van der Waals surface area (Å²) < 4.78 is 10.9. The minimum absolute atomic E-state index is 0.0860. The van der Waals surface area contributed by atoms with E-state index < -0.39 is 0 Å². The third-order valence-corrected chi connectivity index (χ3v) is 6.38. The predicted octanol–water partition coefficient (Wildman–Crippen LogP) is 4.22. The lowest BCUT2D eigenvalue weighted by atomic mass is 9.97. The predicted molar refractivity (Wildman–Crippen MR) is 128 cm³/mol. The first-order valence-corrected chi connectivity index (χ1v) is 11.4. The zero-order chi connectivity index (χ0) is 23.4. The van der Waals surface area contributed by atoms with Crippen LogP contribution in [0.25, 0.3) is 0 Å². The molecule has 1 atom stereocenters. The Bertz CT molecular complexity index is 1180. The van der Waals surface area contributed by atoms with E-state index in [0.717, 1.165) is 22.6 Å². The summed E-state index contributed by atoms with van der Waals surface area (Å²) in [6.07, 6.45) is 0.516.